The molecule has 1 atom stereocenters. The van der Waals surface area contributed by atoms with Crippen molar-refractivity contribution in [2.75, 3.05) is 38.0 Å². The van der Waals surface area contributed by atoms with E-state index in [1.165, 1.54) is 28.7 Å². The number of piperazine rings is 1. The molecule has 28 heavy (non-hydrogen) atoms. The minimum atomic E-state index is -0.153. The third kappa shape index (κ3) is 5.46. The quantitative estimate of drug-likeness (QED) is 0.683. The minimum absolute atomic E-state index is 0.153. The molecule has 1 amide bonds. The smallest absolute Gasteiger partial charge is 0.235 e. The zero-order valence-corrected chi connectivity index (χ0v) is 18.6. The lowest BCUT2D eigenvalue weighted by molar-refractivity contribution is -0.132. The van der Waals surface area contributed by atoms with E-state index in [0.717, 1.165) is 47.9 Å². The van der Waals surface area contributed by atoms with E-state index in [0.29, 0.717) is 5.92 Å². The Balaban J connectivity index is 1.53. The Labute approximate surface area is 175 Å². The number of benzene rings is 1. The lowest BCUT2D eigenvalue weighted by Gasteiger charge is -2.35. The predicted octanol–water partition coefficient (Wildman–Crippen LogP) is 4.05. The summed E-state index contributed by atoms with van der Waals surface area (Å²) >= 11 is 2.98. The Morgan fingerprint density at radius 3 is 2.43 bits per heavy atom. The normalized spacial score (nSPS) is 16.4. The second kappa shape index (κ2) is 9.71. The van der Waals surface area contributed by atoms with Crippen LogP contribution in [0.5, 0.6) is 0 Å². The van der Waals surface area contributed by atoms with E-state index in [9.17, 15) is 4.79 Å². The molecule has 1 N–H and O–H groups in total. The van der Waals surface area contributed by atoms with Crippen LogP contribution in [0.25, 0.3) is 0 Å². The summed E-state index contributed by atoms with van der Waals surface area (Å²) in [6, 6.07) is 8.38. The molecule has 2 aromatic rings. The fourth-order valence-electron chi connectivity index (χ4n) is 3.13. The zero-order chi connectivity index (χ0) is 20.1. The van der Waals surface area contributed by atoms with E-state index in [1.54, 1.807) is 0 Å². The van der Waals surface area contributed by atoms with Crippen LogP contribution in [-0.2, 0) is 4.79 Å². The number of amides is 1. The van der Waals surface area contributed by atoms with Gasteiger partial charge in [-0.25, -0.2) is 0 Å². The van der Waals surface area contributed by atoms with Crippen molar-refractivity contribution in [2.45, 2.75) is 43.2 Å². The summed E-state index contributed by atoms with van der Waals surface area (Å²) in [4.78, 5) is 17.1. The molecule has 8 heteroatoms. The summed E-state index contributed by atoms with van der Waals surface area (Å²) in [6.07, 6.45) is 0. The first-order valence-corrected chi connectivity index (χ1v) is 11.5. The lowest BCUT2D eigenvalue weighted by Crippen LogP contribution is -2.50. The molecule has 6 nitrogen and oxygen atoms in total. The maximum atomic E-state index is 12.7. The number of nitrogens with one attached hydrogen (secondary N) is 1. The van der Waals surface area contributed by atoms with Gasteiger partial charge in [-0.2, -0.15) is 0 Å². The van der Waals surface area contributed by atoms with Crippen LogP contribution in [0.2, 0.25) is 0 Å². The van der Waals surface area contributed by atoms with E-state index in [4.69, 9.17) is 0 Å². The number of likely N-dealkylation sites (N-methyl/N-ethyl adjacent to an activating group) is 1. The van der Waals surface area contributed by atoms with Crippen LogP contribution in [0, 0.1) is 0 Å². The third-order valence-electron chi connectivity index (χ3n) is 4.99. The van der Waals surface area contributed by atoms with Crippen LogP contribution in [0.4, 0.5) is 10.8 Å². The zero-order valence-electron chi connectivity index (χ0n) is 17.0. The summed E-state index contributed by atoms with van der Waals surface area (Å²) in [5.41, 5.74) is 2.31. The van der Waals surface area contributed by atoms with E-state index < -0.39 is 0 Å². The number of carbonyl (C=O) groups excluding carboxylic acids is 1. The third-order valence-corrected chi connectivity index (χ3v) is 7.00. The van der Waals surface area contributed by atoms with Crippen LogP contribution in [0.1, 0.15) is 39.2 Å². The molecule has 1 aliphatic rings. The molecular weight excluding hydrogens is 390 g/mol. The second-order valence-corrected chi connectivity index (χ2v) is 9.86. The minimum Gasteiger partial charge on any atom is -0.339 e. The summed E-state index contributed by atoms with van der Waals surface area (Å²) in [5, 5.41) is 12.4. The highest BCUT2D eigenvalue weighted by Gasteiger charge is 2.26. The number of nitrogens with zero attached hydrogens (tertiary/aromatic N) is 4. The monoisotopic (exact) mass is 419 g/mol. The standard InChI is InChI=1S/C20H29N5OS2/c1-5-24-10-12-25(13-11-24)18(26)15(4)27-20-23-22-19(28-20)21-17-8-6-16(7-9-17)14(2)3/h6-9,14-15H,5,10-13H2,1-4H3,(H,21,22)/t15-/m0/s1. The molecule has 1 aliphatic heterocycles. The van der Waals surface area contributed by atoms with Gasteiger partial charge in [-0.3, -0.25) is 4.79 Å². The average molecular weight is 420 g/mol. The Morgan fingerprint density at radius 2 is 1.82 bits per heavy atom. The maximum Gasteiger partial charge on any atom is 0.235 e. The van der Waals surface area contributed by atoms with Crippen molar-refractivity contribution in [3.63, 3.8) is 0 Å². The van der Waals surface area contributed by atoms with Gasteiger partial charge in [0.2, 0.25) is 11.0 Å². The highest BCUT2D eigenvalue weighted by Crippen LogP contribution is 2.31. The van der Waals surface area contributed by atoms with Crippen molar-refractivity contribution >= 4 is 39.8 Å². The number of thioether (sulfide) groups is 1. The van der Waals surface area contributed by atoms with Crippen LogP contribution >= 0.6 is 23.1 Å². The van der Waals surface area contributed by atoms with Crippen LogP contribution < -0.4 is 5.32 Å². The van der Waals surface area contributed by atoms with Gasteiger partial charge < -0.3 is 15.1 Å². The van der Waals surface area contributed by atoms with Crippen LogP contribution in [0.3, 0.4) is 0 Å². The molecule has 0 unspecified atom stereocenters. The van der Waals surface area contributed by atoms with Crippen molar-refractivity contribution < 1.29 is 4.79 Å². The molecule has 0 radical (unpaired) electrons. The first-order valence-electron chi connectivity index (χ1n) is 9.84. The van der Waals surface area contributed by atoms with Gasteiger partial charge in [0.1, 0.15) is 0 Å². The average Bonchev–Trinajstić information content (AvgIpc) is 3.14. The molecule has 0 saturated carbocycles. The Morgan fingerprint density at radius 1 is 1.14 bits per heavy atom. The highest BCUT2D eigenvalue weighted by atomic mass is 32.2. The maximum absolute atomic E-state index is 12.7. The van der Waals surface area contributed by atoms with E-state index in [2.05, 4.69) is 65.5 Å². The molecule has 0 aliphatic carbocycles. The number of hydrogen-bond donors (Lipinski definition) is 1. The Bertz CT molecular complexity index is 769. The van der Waals surface area contributed by atoms with E-state index >= 15 is 0 Å². The van der Waals surface area contributed by atoms with Gasteiger partial charge in [-0.05, 0) is 37.1 Å². The fraction of sp³-hybridized carbons (Fsp3) is 0.550. The van der Waals surface area contributed by atoms with Gasteiger partial charge >= 0.3 is 0 Å². The molecule has 2 heterocycles. The topological polar surface area (TPSA) is 61.4 Å². The van der Waals surface area contributed by atoms with Crippen molar-refractivity contribution in [1.82, 2.24) is 20.0 Å². The van der Waals surface area contributed by atoms with Gasteiger partial charge in [0.25, 0.3) is 0 Å². The van der Waals surface area contributed by atoms with Gasteiger partial charge in [-0.15, -0.1) is 10.2 Å². The van der Waals surface area contributed by atoms with Crippen LogP contribution in [0.15, 0.2) is 28.6 Å². The molecule has 0 bridgehead atoms. The van der Waals surface area contributed by atoms with E-state index in [1.807, 2.05) is 11.8 Å². The highest BCUT2D eigenvalue weighted by molar-refractivity contribution is 8.02. The number of anilines is 2. The summed E-state index contributed by atoms with van der Waals surface area (Å²) in [7, 11) is 0. The molecular formula is C20H29N5OS2. The molecule has 1 aromatic carbocycles. The molecule has 152 valence electrons. The first-order chi connectivity index (χ1) is 13.5. The molecule has 3 rings (SSSR count). The van der Waals surface area contributed by atoms with Crippen molar-refractivity contribution in [3.8, 4) is 0 Å². The molecule has 1 fully saturated rings. The lowest BCUT2D eigenvalue weighted by atomic mass is 10.0. The largest absolute Gasteiger partial charge is 0.339 e. The van der Waals surface area contributed by atoms with Gasteiger partial charge in [0.05, 0.1) is 5.25 Å². The number of rotatable bonds is 7. The second-order valence-electron chi connectivity index (χ2n) is 7.29. The summed E-state index contributed by atoms with van der Waals surface area (Å²) in [6.45, 7) is 13.1. The molecule has 1 saturated heterocycles. The van der Waals surface area contributed by atoms with E-state index in [-0.39, 0.29) is 11.2 Å². The Kier molecular flexibility index (Phi) is 7.31. The van der Waals surface area contributed by atoms with Gasteiger partial charge in [0.15, 0.2) is 4.34 Å². The first kappa shape index (κ1) is 21.1. The predicted molar refractivity (Wildman–Crippen MR) is 118 cm³/mol. The SMILES string of the molecule is CCN1CCN(C(=O)[C@H](C)Sc2nnc(Nc3ccc(C(C)C)cc3)s2)CC1. The van der Waals surface area contributed by atoms with Gasteiger partial charge in [0, 0.05) is 31.9 Å². The number of hydrogen-bond acceptors (Lipinski definition) is 7. The summed E-state index contributed by atoms with van der Waals surface area (Å²) < 4.78 is 0.814. The number of aromatic nitrogens is 2. The van der Waals surface area contributed by atoms with Crippen LogP contribution in [-0.4, -0.2) is 63.9 Å². The summed E-state index contributed by atoms with van der Waals surface area (Å²) in [5.74, 6) is 0.706. The molecule has 0 spiro atoms. The van der Waals surface area contributed by atoms with Crippen molar-refractivity contribution in [2.24, 2.45) is 0 Å². The molecule has 1 aromatic heterocycles. The fourth-order valence-corrected chi connectivity index (χ4v) is 5.13. The Hall–Kier alpha value is -1.64. The van der Waals surface area contributed by atoms with Crippen molar-refractivity contribution in [1.29, 1.82) is 0 Å². The van der Waals surface area contributed by atoms with Gasteiger partial charge in [-0.1, -0.05) is 56.0 Å². The van der Waals surface area contributed by atoms with Crippen molar-refractivity contribution in [3.05, 3.63) is 29.8 Å². The number of carbonyl (C=O) groups is 1.